The van der Waals surface area contributed by atoms with Gasteiger partial charge in [0.05, 0.1) is 0 Å². The minimum absolute atomic E-state index is 0. The Morgan fingerprint density at radius 2 is 0.765 bits per heavy atom. The molecule has 0 aromatic heterocycles. The summed E-state index contributed by atoms with van der Waals surface area (Å²) in [7, 11) is 0. The van der Waals surface area contributed by atoms with Crippen molar-refractivity contribution in [3.05, 3.63) is 162 Å². The summed E-state index contributed by atoms with van der Waals surface area (Å²) in [6.45, 7) is 0. The van der Waals surface area contributed by atoms with Crippen molar-refractivity contribution >= 4 is 37.1 Å². The lowest BCUT2D eigenvalue weighted by Crippen LogP contribution is -2.09. The molecule has 0 aliphatic heterocycles. The van der Waals surface area contributed by atoms with Crippen LogP contribution in [-0.2, 0) is 0 Å². The summed E-state index contributed by atoms with van der Waals surface area (Å²) in [5, 5.41) is 0. The molecule has 0 spiro atoms. The van der Waals surface area contributed by atoms with E-state index in [1.165, 1.54) is 22.3 Å². The zero-order chi connectivity index (χ0) is 22.3. The van der Waals surface area contributed by atoms with Crippen LogP contribution >= 0.6 is 0 Å². The van der Waals surface area contributed by atoms with E-state index in [2.05, 4.69) is 157 Å². The molecule has 1 nitrogen and oxygen atoms in total. The minimum Gasteiger partial charge on any atom is -0.311 e. The third-order valence-electron chi connectivity index (χ3n) is 5.66. The summed E-state index contributed by atoms with van der Waals surface area (Å²) in [5.74, 6) is 0. The summed E-state index contributed by atoms with van der Waals surface area (Å²) in [6, 6.07) is 50.9. The van der Waals surface area contributed by atoms with Crippen LogP contribution in [0, 0.1) is 0 Å². The lowest BCUT2D eigenvalue weighted by atomic mass is 9.95. The topological polar surface area (TPSA) is 3.24 Å². The van der Waals surface area contributed by atoms with Crippen molar-refractivity contribution < 1.29 is 0 Å². The highest BCUT2D eigenvalue weighted by Crippen LogP contribution is 2.34. The monoisotopic (exact) mass is 434 g/mol. The second kappa shape index (κ2) is 11.0. The molecule has 0 unspecified atom stereocenters. The van der Waals surface area contributed by atoms with Crippen molar-refractivity contribution in [1.82, 2.24) is 0 Å². The normalized spacial score (nSPS) is 10.1. The average Bonchev–Trinajstić information content (AvgIpc) is 2.91. The molecular weight excluding hydrogens is 409 g/mol. The minimum atomic E-state index is 0. The number of anilines is 3. The van der Waals surface area contributed by atoms with Crippen LogP contribution in [0.2, 0.25) is 0 Å². The molecule has 0 N–H and O–H groups in total. The van der Waals surface area contributed by atoms with Crippen LogP contribution in [0.1, 0.15) is 16.7 Å². The highest BCUT2D eigenvalue weighted by atomic mass is 15.1. The Labute approximate surface area is 204 Å². The van der Waals surface area contributed by atoms with Crippen molar-refractivity contribution in [2.24, 2.45) is 0 Å². The molecule has 0 amide bonds. The standard InChI is InChI=1S/C32H25N.B/c1-5-13-27(14-6-1)32(28-15-7-2-8-16-28)25-26-21-23-31(24-22-26)33(29-17-9-3-10-18-29)30-19-11-4-12-20-30;/h1-25H;. The number of hydrogen-bond acceptors (Lipinski definition) is 1. The summed E-state index contributed by atoms with van der Waals surface area (Å²) in [4.78, 5) is 2.28. The largest absolute Gasteiger partial charge is 0.311 e. The van der Waals surface area contributed by atoms with Crippen LogP contribution < -0.4 is 4.90 Å². The SMILES string of the molecule is C(=C(c1ccccc1)c1ccccc1)c1ccc(N(c2ccccc2)c2ccccc2)cc1.[B]. The van der Waals surface area contributed by atoms with Crippen molar-refractivity contribution in [2.45, 2.75) is 0 Å². The second-order valence-corrected chi connectivity index (χ2v) is 7.89. The molecule has 0 aliphatic carbocycles. The van der Waals surface area contributed by atoms with Crippen molar-refractivity contribution in [3.8, 4) is 0 Å². The molecular formula is C32H25BN. The maximum atomic E-state index is 2.28. The van der Waals surface area contributed by atoms with E-state index in [-0.39, 0.29) is 8.41 Å². The van der Waals surface area contributed by atoms with Gasteiger partial charge in [-0.2, -0.15) is 0 Å². The Morgan fingerprint density at radius 3 is 1.18 bits per heavy atom. The third kappa shape index (κ3) is 5.19. The Kier molecular flexibility index (Phi) is 7.42. The molecule has 161 valence electrons. The van der Waals surface area contributed by atoms with Gasteiger partial charge in [-0.15, -0.1) is 0 Å². The summed E-state index contributed by atoms with van der Waals surface area (Å²) in [5.41, 5.74) is 8.22. The first-order valence-corrected chi connectivity index (χ1v) is 11.2. The quantitative estimate of drug-likeness (QED) is 0.192. The van der Waals surface area contributed by atoms with Crippen LogP contribution in [0.5, 0.6) is 0 Å². The maximum absolute atomic E-state index is 2.28. The van der Waals surface area contributed by atoms with E-state index in [1.807, 2.05) is 0 Å². The molecule has 0 saturated heterocycles. The molecule has 5 aromatic rings. The van der Waals surface area contributed by atoms with Gasteiger partial charge in [0, 0.05) is 25.5 Å². The molecule has 2 heteroatoms. The van der Waals surface area contributed by atoms with Crippen LogP contribution in [0.25, 0.3) is 11.6 Å². The Hall–Kier alpha value is -4.30. The van der Waals surface area contributed by atoms with Crippen LogP contribution in [0.15, 0.2) is 146 Å². The fourth-order valence-corrected chi connectivity index (χ4v) is 4.06. The molecule has 0 atom stereocenters. The number of hydrogen-bond donors (Lipinski definition) is 0. The number of para-hydroxylation sites is 2. The lowest BCUT2D eigenvalue weighted by molar-refractivity contribution is 1.28. The van der Waals surface area contributed by atoms with Crippen molar-refractivity contribution in [2.75, 3.05) is 4.90 Å². The molecule has 0 heterocycles. The van der Waals surface area contributed by atoms with Gasteiger partial charge < -0.3 is 4.90 Å². The van der Waals surface area contributed by atoms with E-state index in [0.717, 1.165) is 17.1 Å². The van der Waals surface area contributed by atoms with E-state index >= 15 is 0 Å². The highest BCUT2D eigenvalue weighted by molar-refractivity contribution is 5.91. The molecule has 34 heavy (non-hydrogen) atoms. The van der Waals surface area contributed by atoms with Crippen molar-refractivity contribution in [1.29, 1.82) is 0 Å². The zero-order valence-corrected chi connectivity index (χ0v) is 19.0. The van der Waals surface area contributed by atoms with E-state index in [4.69, 9.17) is 0 Å². The molecule has 3 radical (unpaired) electrons. The van der Waals surface area contributed by atoms with Crippen LogP contribution in [0.3, 0.4) is 0 Å². The van der Waals surface area contributed by atoms with Gasteiger partial charge in [-0.05, 0) is 64.7 Å². The van der Waals surface area contributed by atoms with Gasteiger partial charge in [0.2, 0.25) is 0 Å². The summed E-state index contributed by atoms with van der Waals surface area (Å²) in [6.07, 6.45) is 2.27. The second-order valence-electron chi connectivity index (χ2n) is 7.89. The Bertz CT molecular complexity index is 1230. The van der Waals surface area contributed by atoms with Gasteiger partial charge in [-0.1, -0.05) is 109 Å². The van der Waals surface area contributed by atoms with Crippen LogP contribution in [0.4, 0.5) is 17.1 Å². The third-order valence-corrected chi connectivity index (χ3v) is 5.66. The first-order chi connectivity index (χ1) is 16.4. The molecule has 5 rings (SSSR count). The predicted molar refractivity (Wildman–Crippen MR) is 147 cm³/mol. The highest BCUT2D eigenvalue weighted by Gasteiger charge is 2.12. The van der Waals surface area contributed by atoms with E-state index in [1.54, 1.807) is 0 Å². The Morgan fingerprint density at radius 1 is 0.412 bits per heavy atom. The Balaban J connectivity index is 0.00000274. The fourth-order valence-electron chi connectivity index (χ4n) is 4.06. The van der Waals surface area contributed by atoms with Crippen molar-refractivity contribution in [3.63, 3.8) is 0 Å². The van der Waals surface area contributed by atoms with Gasteiger partial charge >= 0.3 is 0 Å². The number of benzene rings is 5. The van der Waals surface area contributed by atoms with Gasteiger partial charge in [0.25, 0.3) is 0 Å². The average molecular weight is 434 g/mol. The molecule has 0 fully saturated rings. The zero-order valence-electron chi connectivity index (χ0n) is 19.0. The first-order valence-electron chi connectivity index (χ1n) is 11.2. The fraction of sp³-hybridized carbons (Fsp3) is 0. The molecule has 5 aromatic carbocycles. The predicted octanol–water partition coefficient (Wildman–Crippen LogP) is 8.36. The number of rotatable bonds is 6. The van der Waals surface area contributed by atoms with Gasteiger partial charge in [0.1, 0.15) is 0 Å². The summed E-state index contributed by atoms with van der Waals surface area (Å²) >= 11 is 0. The van der Waals surface area contributed by atoms with E-state index in [0.29, 0.717) is 0 Å². The summed E-state index contributed by atoms with van der Waals surface area (Å²) < 4.78 is 0. The van der Waals surface area contributed by atoms with Gasteiger partial charge in [-0.3, -0.25) is 0 Å². The van der Waals surface area contributed by atoms with E-state index in [9.17, 15) is 0 Å². The molecule has 0 saturated carbocycles. The lowest BCUT2D eigenvalue weighted by Gasteiger charge is -2.25. The van der Waals surface area contributed by atoms with Crippen LogP contribution in [-0.4, -0.2) is 8.41 Å². The molecule has 0 aliphatic rings. The first kappa shape index (κ1) is 22.9. The smallest absolute Gasteiger partial charge is 0.0462 e. The molecule has 0 bridgehead atoms. The van der Waals surface area contributed by atoms with E-state index < -0.39 is 0 Å². The van der Waals surface area contributed by atoms with Gasteiger partial charge in [-0.25, -0.2) is 0 Å². The number of nitrogens with zero attached hydrogens (tertiary/aromatic N) is 1. The maximum Gasteiger partial charge on any atom is 0.0462 e. The van der Waals surface area contributed by atoms with Gasteiger partial charge in [0.15, 0.2) is 0 Å².